The maximum Gasteiger partial charge on any atom is 0.212 e. The van der Waals surface area contributed by atoms with Crippen LogP contribution in [0.4, 0.5) is 0 Å². The minimum atomic E-state index is -3.17. The summed E-state index contributed by atoms with van der Waals surface area (Å²) in [6, 6.07) is 9.93. The molecule has 3 nitrogen and oxygen atoms in total. The van der Waals surface area contributed by atoms with Gasteiger partial charge in [0.05, 0.1) is 5.75 Å². The number of rotatable bonds is 7. The van der Waals surface area contributed by atoms with Gasteiger partial charge in [0, 0.05) is 5.54 Å². The molecule has 4 heteroatoms. The van der Waals surface area contributed by atoms with E-state index < -0.39 is 15.6 Å². The molecule has 1 N–H and O–H groups in total. The van der Waals surface area contributed by atoms with Crippen molar-refractivity contribution in [3.63, 3.8) is 0 Å². The summed E-state index contributed by atoms with van der Waals surface area (Å²) in [6.07, 6.45) is 2.29. The lowest BCUT2D eigenvalue weighted by Crippen LogP contribution is -2.45. The SMILES string of the molecule is CCCCS(=O)(=O)NC(C)(C)Cc1ccccc1. The largest absolute Gasteiger partial charge is 0.212 e. The Bertz CT molecular complexity index is 452. The molecule has 0 aliphatic heterocycles. The molecule has 1 aromatic carbocycles. The van der Waals surface area contributed by atoms with E-state index >= 15 is 0 Å². The summed E-state index contributed by atoms with van der Waals surface area (Å²) >= 11 is 0. The Hall–Kier alpha value is -0.870. The van der Waals surface area contributed by atoms with Gasteiger partial charge in [-0.25, -0.2) is 13.1 Å². The van der Waals surface area contributed by atoms with Crippen LogP contribution in [0.3, 0.4) is 0 Å². The summed E-state index contributed by atoms with van der Waals surface area (Å²) in [6.45, 7) is 5.83. The van der Waals surface area contributed by atoms with Gasteiger partial charge in [-0.15, -0.1) is 0 Å². The topological polar surface area (TPSA) is 46.2 Å². The van der Waals surface area contributed by atoms with Crippen molar-refractivity contribution in [1.29, 1.82) is 0 Å². The molecule has 0 radical (unpaired) electrons. The van der Waals surface area contributed by atoms with Gasteiger partial charge in [-0.05, 0) is 32.3 Å². The van der Waals surface area contributed by atoms with Crippen molar-refractivity contribution in [1.82, 2.24) is 4.72 Å². The lowest BCUT2D eigenvalue weighted by atomic mass is 9.96. The summed E-state index contributed by atoms with van der Waals surface area (Å²) in [5.41, 5.74) is 0.689. The first kappa shape index (κ1) is 15.2. The van der Waals surface area contributed by atoms with Gasteiger partial charge in [-0.1, -0.05) is 43.7 Å². The van der Waals surface area contributed by atoms with E-state index in [9.17, 15) is 8.42 Å². The molecule has 0 aliphatic rings. The predicted octanol–water partition coefficient (Wildman–Crippen LogP) is 2.73. The van der Waals surface area contributed by atoms with Crippen molar-refractivity contribution in [2.24, 2.45) is 0 Å². The third-order valence-electron chi connectivity index (χ3n) is 2.69. The Morgan fingerprint density at radius 1 is 1.17 bits per heavy atom. The van der Waals surface area contributed by atoms with E-state index in [1.54, 1.807) is 0 Å². The Balaban J connectivity index is 2.64. The fourth-order valence-corrected chi connectivity index (χ4v) is 3.63. The Labute approximate surface area is 111 Å². The highest BCUT2D eigenvalue weighted by atomic mass is 32.2. The molecule has 0 saturated carbocycles. The Kier molecular flexibility index (Phi) is 5.35. The van der Waals surface area contributed by atoms with Gasteiger partial charge in [-0.3, -0.25) is 0 Å². The van der Waals surface area contributed by atoms with E-state index in [1.165, 1.54) is 0 Å². The van der Waals surface area contributed by atoms with Crippen molar-refractivity contribution in [2.75, 3.05) is 5.75 Å². The van der Waals surface area contributed by atoms with Gasteiger partial charge < -0.3 is 0 Å². The molecular formula is C14H23NO2S. The molecule has 18 heavy (non-hydrogen) atoms. The fourth-order valence-electron chi connectivity index (χ4n) is 1.95. The number of benzene rings is 1. The van der Waals surface area contributed by atoms with Crippen LogP contribution in [-0.2, 0) is 16.4 Å². The van der Waals surface area contributed by atoms with Crippen LogP contribution in [0.2, 0.25) is 0 Å². The van der Waals surface area contributed by atoms with Crippen LogP contribution in [0, 0.1) is 0 Å². The minimum absolute atomic E-state index is 0.210. The Morgan fingerprint density at radius 2 is 1.78 bits per heavy atom. The minimum Gasteiger partial charge on any atom is -0.212 e. The highest BCUT2D eigenvalue weighted by Crippen LogP contribution is 2.14. The summed E-state index contributed by atoms with van der Waals surface area (Å²) in [5.74, 6) is 0.210. The van der Waals surface area contributed by atoms with E-state index in [2.05, 4.69) is 4.72 Å². The van der Waals surface area contributed by atoms with Crippen LogP contribution in [0.5, 0.6) is 0 Å². The maximum atomic E-state index is 11.9. The molecule has 0 saturated heterocycles. The molecule has 0 aromatic heterocycles. The third kappa shape index (κ3) is 5.65. The smallest absolute Gasteiger partial charge is 0.212 e. The second-order valence-corrected chi connectivity index (χ2v) is 7.16. The first-order chi connectivity index (χ1) is 8.35. The van der Waals surface area contributed by atoms with Crippen molar-refractivity contribution < 1.29 is 8.42 Å². The molecule has 0 bridgehead atoms. The summed E-state index contributed by atoms with van der Waals surface area (Å²) in [5, 5.41) is 0. The van der Waals surface area contributed by atoms with Crippen molar-refractivity contribution in [2.45, 2.75) is 45.6 Å². The van der Waals surface area contributed by atoms with Crippen molar-refractivity contribution >= 4 is 10.0 Å². The van der Waals surface area contributed by atoms with E-state index in [0.29, 0.717) is 12.8 Å². The highest BCUT2D eigenvalue weighted by molar-refractivity contribution is 7.89. The number of sulfonamides is 1. The summed E-state index contributed by atoms with van der Waals surface area (Å²) in [7, 11) is -3.17. The zero-order valence-electron chi connectivity index (χ0n) is 11.4. The van der Waals surface area contributed by atoms with E-state index in [1.807, 2.05) is 51.1 Å². The molecule has 1 aromatic rings. The molecule has 1 rings (SSSR count). The zero-order valence-corrected chi connectivity index (χ0v) is 12.3. The molecule has 0 fully saturated rings. The average Bonchev–Trinajstić information content (AvgIpc) is 2.25. The van der Waals surface area contributed by atoms with Gasteiger partial charge >= 0.3 is 0 Å². The zero-order chi connectivity index (χ0) is 13.6. The quantitative estimate of drug-likeness (QED) is 0.827. The maximum absolute atomic E-state index is 11.9. The standard InChI is InChI=1S/C14H23NO2S/c1-4-5-11-18(16,17)15-14(2,3)12-13-9-7-6-8-10-13/h6-10,15H,4-5,11-12H2,1-3H3. The van der Waals surface area contributed by atoms with Gasteiger partial charge in [0.15, 0.2) is 0 Å². The number of hydrogen-bond acceptors (Lipinski definition) is 2. The summed E-state index contributed by atoms with van der Waals surface area (Å²) in [4.78, 5) is 0. The van der Waals surface area contributed by atoms with Gasteiger partial charge in [-0.2, -0.15) is 0 Å². The fraction of sp³-hybridized carbons (Fsp3) is 0.571. The Morgan fingerprint density at radius 3 is 2.33 bits per heavy atom. The average molecular weight is 269 g/mol. The predicted molar refractivity (Wildman–Crippen MR) is 76.1 cm³/mol. The van der Waals surface area contributed by atoms with Crippen molar-refractivity contribution in [3.8, 4) is 0 Å². The molecular weight excluding hydrogens is 246 g/mol. The van der Waals surface area contributed by atoms with Crippen LogP contribution in [0.15, 0.2) is 30.3 Å². The lowest BCUT2D eigenvalue weighted by molar-refractivity contribution is 0.450. The number of nitrogens with one attached hydrogen (secondary N) is 1. The first-order valence-corrected chi connectivity index (χ1v) is 8.05. The first-order valence-electron chi connectivity index (χ1n) is 6.40. The van der Waals surface area contributed by atoms with Crippen molar-refractivity contribution in [3.05, 3.63) is 35.9 Å². The number of unbranched alkanes of at least 4 members (excludes halogenated alkanes) is 1. The highest BCUT2D eigenvalue weighted by Gasteiger charge is 2.24. The molecule has 0 amide bonds. The molecule has 102 valence electrons. The normalized spacial score (nSPS) is 12.6. The molecule has 0 unspecified atom stereocenters. The van der Waals surface area contributed by atoms with Crippen LogP contribution < -0.4 is 4.72 Å². The van der Waals surface area contributed by atoms with Gasteiger partial charge in [0.25, 0.3) is 0 Å². The lowest BCUT2D eigenvalue weighted by Gasteiger charge is -2.26. The third-order valence-corrected chi connectivity index (χ3v) is 4.38. The molecule has 0 atom stereocenters. The number of hydrogen-bond donors (Lipinski definition) is 1. The second-order valence-electron chi connectivity index (χ2n) is 5.32. The van der Waals surface area contributed by atoms with Crippen LogP contribution in [-0.4, -0.2) is 19.7 Å². The van der Waals surface area contributed by atoms with Gasteiger partial charge in [0.1, 0.15) is 0 Å². The molecule has 0 aliphatic carbocycles. The van der Waals surface area contributed by atoms with Crippen LogP contribution >= 0.6 is 0 Å². The van der Waals surface area contributed by atoms with Crippen LogP contribution in [0.25, 0.3) is 0 Å². The summed E-state index contributed by atoms with van der Waals surface area (Å²) < 4.78 is 26.6. The van der Waals surface area contributed by atoms with E-state index in [4.69, 9.17) is 0 Å². The van der Waals surface area contributed by atoms with E-state index in [0.717, 1.165) is 12.0 Å². The second kappa shape index (κ2) is 6.34. The van der Waals surface area contributed by atoms with E-state index in [-0.39, 0.29) is 5.75 Å². The molecule has 0 spiro atoms. The van der Waals surface area contributed by atoms with Gasteiger partial charge in [0.2, 0.25) is 10.0 Å². The monoisotopic (exact) mass is 269 g/mol. The molecule has 0 heterocycles. The van der Waals surface area contributed by atoms with Crippen LogP contribution in [0.1, 0.15) is 39.2 Å².